The second-order valence-electron chi connectivity index (χ2n) is 4.52. The molecule has 3 nitrogen and oxygen atoms in total. The quantitative estimate of drug-likeness (QED) is 0.886. The number of halogens is 2. The van der Waals surface area contributed by atoms with Crippen LogP contribution in [0.1, 0.15) is 11.1 Å². The van der Waals surface area contributed by atoms with Gasteiger partial charge in [0.1, 0.15) is 11.6 Å². The predicted octanol–water partition coefficient (Wildman–Crippen LogP) is 2.83. The molecule has 6 heteroatoms. The molecule has 0 fully saturated rings. The minimum atomic E-state index is -3.76. The van der Waals surface area contributed by atoms with E-state index in [4.69, 9.17) is 5.73 Å². The van der Waals surface area contributed by atoms with Crippen LogP contribution in [-0.2, 0) is 15.6 Å². The fraction of sp³-hybridized carbons (Fsp3) is 0.143. The third-order valence-electron chi connectivity index (χ3n) is 2.90. The van der Waals surface area contributed by atoms with Gasteiger partial charge in [-0.3, -0.25) is 0 Å². The number of para-hydroxylation sites is 1. The molecule has 0 spiro atoms. The van der Waals surface area contributed by atoms with Crippen LogP contribution in [0.5, 0.6) is 0 Å². The first-order chi connectivity index (χ1) is 9.29. The zero-order valence-electron chi connectivity index (χ0n) is 10.7. The van der Waals surface area contributed by atoms with Gasteiger partial charge in [-0.1, -0.05) is 12.1 Å². The molecule has 2 aromatic rings. The summed E-state index contributed by atoms with van der Waals surface area (Å²) < 4.78 is 50.7. The van der Waals surface area contributed by atoms with E-state index < -0.39 is 27.2 Å². The highest BCUT2D eigenvalue weighted by Gasteiger charge is 2.19. The number of sulfone groups is 1. The summed E-state index contributed by atoms with van der Waals surface area (Å²) >= 11 is 0. The summed E-state index contributed by atoms with van der Waals surface area (Å²) in [4.78, 5) is -0.0258. The number of rotatable bonds is 3. The molecule has 106 valence electrons. The first kappa shape index (κ1) is 14.5. The Bertz CT molecular complexity index is 738. The van der Waals surface area contributed by atoms with Crippen LogP contribution >= 0.6 is 0 Å². The Balaban J connectivity index is 2.43. The molecule has 0 bridgehead atoms. The summed E-state index contributed by atoms with van der Waals surface area (Å²) in [5.41, 5.74) is 6.59. The first-order valence-corrected chi connectivity index (χ1v) is 7.47. The van der Waals surface area contributed by atoms with Gasteiger partial charge in [0.25, 0.3) is 0 Å². The SMILES string of the molecule is Cc1cccc(S(=O)(=O)Cc2cc(F)cc(F)c2)c1N. The Morgan fingerprint density at radius 2 is 1.70 bits per heavy atom. The summed E-state index contributed by atoms with van der Waals surface area (Å²) in [6.07, 6.45) is 0. The van der Waals surface area contributed by atoms with Crippen LogP contribution in [0.15, 0.2) is 41.3 Å². The van der Waals surface area contributed by atoms with Gasteiger partial charge < -0.3 is 5.73 Å². The molecule has 0 heterocycles. The van der Waals surface area contributed by atoms with Crippen LogP contribution in [0.25, 0.3) is 0 Å². The second-order valence-corrected chi connectivity index (χ2v) is 6.48. The average molecular weight is 297 g/mol. The number of nitrogens with two attached hydrogens (primary N) is 1. The smallest absolute Gasteiger partial charge is 0.184 e. The van der Waals surface area contributed by atoms with Crippen molar-refractivity contribution in [3.63, 3.8) is 0 Å². The van der Waals surface area contributed by atoms with Gasteiger partial charge >= 0.3 is 0 Å². The third kappa shape index (κ3) is 2.96. The maximum atomic E-state index is 13.1. The van der Waals surface area contributed by atoms with E-state index in [2.05, 4.69) is 0 Å². The van der Waals surface area contributed by atoms with E-state index >= 15 is 0 Å². The molecule has 0 saturated heterocycles. The number of anilines is 1. The molecule has 0 aliphatic carbocycles. The van der Waals surface area contributed by atoms with Crippen LogP contribution in [0, 0.1) is 18.6 Å². The van der Waals surface area contributed by atoms with Crippen LogP contribution in [0.4, 0.5) is 14.5 Å². The van der Waals surface area contributed by atoms with E-state index in [0.717, 1.165) is 12.1 Å². The lowest BCUT2D eigenvalue weighted by Crippen LogP contribution is -2.09. The van der Waals surface area contributed by atoms with Crippen molar-refractivity contribution in [1.29, 1.82) is 0 Å². The summed E-state index contributed by atoms with van der Waals surface area (Å²) in [6.45, 7) is 1.69. The molecule has 0 saturated carbocycles. The fourth-order valence-corrected chi connectivity index (χ4v) is 3.46. The predicted molar refractivity (Wildman–Crippen MR) is 72.8 cm³/mol. The lowest BCUT2D eigenvalue weighted by molar-refractivity contribution is 0.579. The fourth-order valence-electron chi connectivity index (χ4n) is 1.92. The highest BCUT2D eigenvalue weighted by atomic mass is 32.2. The molecule has 0 aromatic heterocycles. The van der Waals surface area contributed by atoms with E-state index in [1.54, 1.807) is 19.1 Å². The Morgan fingerprint density at radius 1 is 1.10 bits per heavy atom. The average Bonchev–Trinajstić information content (AvgIpc) is 2.30. The lowest BCUT2D eigenvalue weighted by Gasteiger charge is -2.09. The van der Waals surface area contributed by atoms with Gasteiger partial charge in [0, 0.05) is 6.07 Å². The van der Waals surface area contributed by atoms with E-state index in [9.17, 15) is 17.2 Å². The van der Waals surface area contributed by atoms with Gasteiger partial charge in [0.05, 0.1) is 16.3 Å². The summed E-state index contributed by atoms with van der Waals surface area (Å²) in [7, 11) is -3.76. The zero-order valence-corrected chi connectivity index (χ0v) is 11.5. The second kappa shape index (κ2) is 5.20. The normalized spacial score (nSPS) is 11.6. The molecule has 2 rings (SSSR count). The zero-order chi connectivity index (χ0) is 14.9. The van der Waals surface area contributed by atoms with Crippen LogP contribution in [0.2, 0.25) is 0 Å². The van der Waals surface area contributed by atoms with Crippen molar-refractivity contribution in [2.24, 2.45) is 0 Å². The molecule has 0 unspecified atom stereocenters. The van der Waals surface area contributed by atoms with Crippen LogP contribution in [0.3, 0.4) is 0 Å². The van der Waals surface area contributed by atoms with Crippen molar-refractivity contribution < 1.29 is 17.2 Å². The van der Waals surface area contributed by atoms with E-state index in [0.29, 0.717) is 11.6 Å². The Labute approximate surface area is 116 Å². The third-order valence-corrected chi connectivity index (χ3v) is 4.64. The Morgan fingerprint density at radius 3 is 2.30 bits per heavy atom. The van der Waals surface area contributed by atoms with Crippen molar-refractivity contribution in [2.75, 3.05) is 5.73 Å². The molecule has 0 atom stereocenters. The minimum Gasteiger partial charge on any atom is -0.397 e. The summed E-state index contributed by atoms with van der Waals surface area (Å²) in [5.74, 6) is -2.13. The van der Waals surface area contributed by atoms with Gasteiger partial charge in [-0.05, 0) is 36.2 Å². The molecule has 2 aromatic carbocycles. The molecule has 2 N–H and O–H groups in total. The first-order valence-electron chi connectivity index (χ1n) is 5.82. The number of nitrogen functional groups attached to an aromatic ring is 1. The minimum absolute atomic E-state index is 0.0258. The number of benzene rings is 2. The molecule has 20 heavy (non-hydrogen) atoms. The number of hydrogen-bond donors (Lipinski definition) is 1. The van der Waals surface area contributed by atoms with Crippen LogP contribution in [-0.4, -0.2) is 8.42 Å². The molecular weight excluding hydrogens is 284 g/mol. The van der Waals surface area contributed by atoms with Crippen molar-refractivity contribution in [1.82, 2.24) is 0 Å². The lowest BCUT2D eigenvalue weighted by atomic mass is 10.2. The van der Waals surface area contributed by atoms with Gasteiger partial charge in [-0.25, -0.2) is 17.2 Å². The Hall–Kier alpha value is -1.95. The topological polar surface area (TPSA) is 60.2 Å². The van der Waals surface area contributed by atoms with Crippen molar-refractivity contribution in [2.45, 2.75) is 17.6 Å². The monoisotopic (exact) mass is 297 g/mol. The molecular formula is C14H13F2NO2S. The van der Waals surface area contributed by atoms with Gasteiger partial charge in [-0.2, -0.15) is 0 Å². The number of hydrogen-bond acceptors (Lipinski definition) is 3. The summed E-state index contributed by atoms with van der Waals surface area (Å²) in [5, 5.41) is 0. The largest absolute Gasteiger partial charge is 0.397 e. The van der Waals surface area contributed by atoms with E-state index in [1.807, 2.05) is 0 Å². The molecule has 0 aliphatic rings. The Kier molecular flexibility index (Phi) is 3.76. The number of aryl methyl sites for hydroxylation is 1. The highest BCUT2D eigenvalue weighted by Crippen LogP contribution is 2.25. The van der Waals surface area contributed by atoms with Gasteiger partial charge in [-0.15, -0.1) is 0 Å². The van der Waals surface area contributed by atoms with Crippen LogP contribution < -0.4 is 5.73 Å². The van der Waals surface area contributed by atoms with E-state index in [-0.39, 0.29) is 16.1 Å². The summed E-state index contributed by atoms with van der Waals surface area (Å²) in [6, 6.07) is 7.32. The van der Waals surface area contributed by atoms with Crippen molar-refractivity contribution in [3.05, 3.63) is 59.2 Å². The van der Waals surface area contributed by atoms with Gasteiger partial charge in [0.15, 0.2) is 9.84 Å². The maximum Gasteiger partial charge on any atom is 0.184 e. The standard InChI is InChI=1S/C14H13F2NO2S/c1-9-3-2-4-13(14(9)17)20(18,19)8-10-5-11(15)7-12(16)6-10/h2-7H,8,17H2,1H3. The molecule has 0 amide bonds. The highest BCUT2D eigenvalue weighted by molar-refractivity contribution is 7.90. The van der Waals surface area contributed by atoms with Crippen molar-refractivity contribution in [3.8, 4) is 0 Å². The molecule has 0 radical (unpaired) electrons. The van der Waals surface area contributed by atoms with Gasteiger partial charge in [0.2, 0.25) is 0 Å². The van der Waals surface area contributed by atoms with Crippen molar-refractivity contribution >= 4 is 15.5 Å². The van der Waals surface area contributed by atoms with E-state index in [1.165, 1.54) is 6.07 Å². The molecule has 0 aliphatic heterocycles. The maximum absolute atomic E-state index is 13.1.